The third-order valence-corrected chi connectivity index (χ3v) is 5.39. The number of fused-ring (bicyclic) bond motifs is 1. The molecule has 0 radical (unpaired) electrons. The summed E-state index contributed by atoms with van der Waals surface area (Å²) < 4.78 is 43.9. The molecule has 2 amide bonds. The normalized spacial score (nSPS) is 24.8. The number of ether oxygens (including phenoxy) is 1. The van der Waals surface area contributed by atoms with E-state index < -0.39 is 12.7 Å². The van der Waals surface area contributed by atoms with Gasteiger partial charge in [0.1, 0.15) is 6.54 Å². The Morgan fingerprint density at radius 1 is 1.29 bits per heavy atom. The number of anilines is 1. The Labute approximate surface area is 160 Å². The minimum Gasteiger partial charge on any atom is -0.381 e. The highest BCUT2D eigenvalue weighted by Crippen LogP contribution is 2.41. The van der Waals surface area contributed by atoms with Gasteiger partial charge in [0.2, 0.25) is 0 Å². The average Bonchev–Trinajstić information content (AvgIpc) is 3.25. The van der Waals surface area contributed by atoms with Crippen molar-refractivity contribution in [1.82, 2.24) is 14.7 Å². The van der Waals surface area contributed by atoms with Crippen molar-refractivity contribution < 1.29 is 22.7 Å². The zero-order valence-electron chi connectivity index (χ0n) is 15.1. The summed E-state index contributed by atoms with van der Waals surface area (Å²) in [5.74, 6) is 0.375. The van der Waals surface area contributed by atoms with Crippen LogP contribution in [0.5, 0.6) is 0 Å². The van der Waals surface area contributed by atoms with Gasteiger partial charge in [-0.15, -0.1) is 0 Å². The molecular weight excluding hydrogens is 373 g/mol. The SMILES string of the molecule is O=C(Nc1cnn(CC(F)(F)F)c1)N1CC(c2ccccc2)C2COCCC21. The van der Waals surface area contributed by atoms with Crippen molar-refractivity contribution in [2.75, 3.05) is 25.1 Å². The van der Waals surface area contributed by atoms with Crippen molar-refractivity contribution in [3.05, 3.63) is 48.3 Å². The number of hydrogen-bond donors (Lipinski definition) is 1. The molecule has 0 spiro atoms. The third kappa shape index (κ3) is 3.99. The van der Waals surface area contributed by atoms with Crippen LogP contribution < -0.4 is 5.32 Å². The van der Waals surface area contributed by atoms with E-state index in [4.69, 9.17) is 4.74 Å². The second-order valence-electron chi connectivity index (χ2n) is 7.24. The molecule has 2 aliphatic heterocycles. The second-order valence-corrected chi connectivity index (χ2v) is 7.24. The van der Waals surface area contributed by atoms with Crippen molar-refractivity contribution in [1.29, 1.82) is 0 Å². The van der Waals surface area contributed by atoms with Crippen molar-refractivity contribution >= 4 is 11.7 Å². The van der Waals surface area contributed by atoms with Gasteiger partial charge in [0.25, 0.3) is 0 Å². The molecule has 2 aromatic rings. The zero-order valence-corrected chi connectivity index (χ0v) is 15.1. The lowest BCUT2D eigenvalue weighted by molar-refractivity contribution is -0.142. The predicted octanol–water partition coefficient (Wildman–Crippen LogP) is 3.48. The summed E-state index contributed by atoms with van der Waals surface area (Å²) >= 11 is 0. The first-order valence-corrected chi connectivity index (χ1v) is 9.20. The molecule has 150 valence electrons. The van der Waals surface area contributed by atoms with Crippen molar-refractivity contribution in [3.8, 4) is 0 Å². The molecule has 4 rings (SSSR count). The van der Waals surface area contributed by atoms with Crippen LogP contribution >= 0.6 is 0 Å². The van der Waals surface area contributed by atoms with Gasteiger partial charge in [0.15, 0.2) is 0 Å². The topological polar surface area (TPSA) is 59.4 Å². The number of likely N-dealkylation sites (tertiary alicyclic amines) is 1. The lowest BCUT2D eigenvalue weighted by Gasteiger charge is -2.32. The summed E-state index contributed by atoms with van der Waals surface area (Å²) in [4.78, 5) is 14.6. The molecule has 1 N–H and O–H groups in total. The molecule has 1 aromatic carbocycles. The van der Waals surface area contributed by atoms with Crippen LogP contribution in [0.1, 0.15) is 17.9 Å². The molecule has 1 aromatic heterocycles. The Bertz CT molecular complexity index is 824. The zero-order chi connectivity index (χ0) is 19.7. The molecule has 9 heteroatoms. The van der Waals surface area contributed by atoms with Crippen LogP contribution in [-0.4, -0.2) is 52.7 Å². The Kier molecular flexibility index (Phi) is 5.01. The van der Waals surface area contributed by atoms with E-state index in [9.17, 15) is 18.0 Å². The first-order chi connectivity index (χ1) is 13.4. The van der Waals surface area contributed by atoms with Gasteiger partial charge < -0.3 is 15.0 Å². The number of alkyl halides is 3. The lowest BCUT2D eigenvalue weighted by Crippen LogP contribution is -2.43. The Morgan fingerprint density at radius 2 is 2.07 bits per heavy atom. The first-order valence-electron chi connectivity index (χ1n) is 9.20. The fourth-order valence-electron chi connectivity index (χ4n) is 4.18. The highest BCUT2D eigenvalue weighted by molar-refractivity contribution is 5.89. The molecule has 2 saturated heterocycles. The van der Waals surface area contributed by atoms with E-state index in [1.165, 1.54) is 12.4 Å². The molecule has 3 heterocycles. The second kappa shape index (κ2) is 7.46. The van der Waals surface area contributed by atoms with Crippen LogP contribution in [0.3, 0.4) is 0 Å². The number of benzene rings is 1. The summed E-state index contributed by atoms with van der Waals surface area (Å²) in [6, 6.07) is 9.75. The van der Waals surface area contributed by atoms with E-state index in [-0.39, 0.29) is 29.6 Å². The van der Waals surface area contributed by atoms with Gasteiger partial charge >= 0.3 is 12.2 Å². The van der Waals surface area contributed by atoms with Crippen LogP contribution in [0.15, 0.2) is 42.7 Å². The van der Waals surface area contributed by atoms with Crippen LogP contribution in [-0.2, 0) is 11.3 Å². The summed E-state index contributed by atoms with van der Waals surface area (Å²) in [6.45, 7) is 0.545. The smallest absolute Gasteiger partial charge is 0.381 e. The van der Waals surface area contributed by atoms with Crippen LogP contribution in [0, 0.1) is 5.92 Å². The predicted molar refractivity (Wildman–Crippen MR) is 95.9 cm³/mol. The van der Waals surface area contributed by atoms with E-state index >= 15 is 0 Å². The highest BCUT2D eigenvalue weighted by atomic mass is 19.4. The van der Waals surface area contributed by atoms with Gasteiger partial charge in [-0.1, -0.05) is 30.3 Å². The average molecular weight is 394 g/mol. The van der Waals surface area contributed by atoms with Crippen molar-refractivity contribution in [3.63, 3.8) is 0 Å². The van der Waals surface area contributed by atoms with Gasteiger partial charge in [0, 0.05) is 37.2 Å². The van der Waals surface area contributed by atoms with Gasteiger partial charge in [-0.3, -0.25) is 4.68 Å². The van der Waals surface area contributed by atoms with E-state index in [2.05, 4.69) is 22.5 Å². The van der Waals surface area contributed by atoms with E-state index in [0.29, 0.717) is 19.8 Å². The molecule has 0 bridgehead atoms. The standard InChI is InChI=1S/C19H21F3N4O2/c20-19(21,22)12-25-9-14(8-23-25)24-18(27)26-10-15(13-4-2-1-3-5-13)16-11-28-7-6-17(16)26/h1-5,8-9,15-17H,6-7,10-12H2,(H,24,27). The van der Waals surface area contributed by atoms with E-state index in [1.54, 1.807) is 4.90 Å². The maximum absolute atomic E-state index is 12.9. The Balaban J connectivity index is 1.48. The van der Waals surface area contributed by atoms with Gasteiger partial charge in [-0.25, -0.2) is 4.79 Å². The number of carbonyl (C=O) groups is 1. The van der Waals surface area contributed by atoms with Crippen molar-refractivity contribution in [2.45, 2.75) is 31.1 Å². The Hall–Kier alpha value is -2.55. The molecule has 2 fully saturated rings. The maximum atomic E-state index is 12.9. The molecule has 2 aliphatic rings. The number of urea groups is 1. The Morgan fingerprint density at radius 3 is 2.82 bits per heavy atom. The molecule has 28 heavy (non-hydrogen) atoms. The number of hydrogen-bond acceptors (Lipinski definition) is 3. The fourth-order valence-corrected chi connectivity index (χ4v) is 4.18. The molecule has 3 unspecified atom stereocenters. The summed E-state index contributed by atoms with van der Waals surface area (Å²) in [7, 11) is 0. The fraction of sp³-hybridized carbons (Fsp3) is 0.474. The molecule has 0 saturated carbocycles. The van der Waals surface area contributed by atoms with Crippen LogP contribution in [0.2, 0.25) is 0 Å². The van der Waals surface area contributed by atoms with Crippen LogP contribution in [0.4, 0.5) is 23.7 Å². The third-order valence-electron chi connectivity index (χ3n) is 5.39. The summed E-state index contributed by atoms with van der Waals surface area (Å²) in [5.41, 5.74) is 1.41. The first kappa shape index (κ1) is 18.8. The number of amides is 2. The summed E-state index contributed by atoms with van der Waals surface area (Å²) in [6.07, 6.45) is -1.19. The number of nitrogens with one attached hydrogen (secondary N) is 1. The molecular formula is C19H21F3N4O2. The monoisotopic (exact) mass is 394 g/mol. The number of rotatable bonds is 3. The minimum atomic E-state index is -4.36. The largest absolute Gasteiger partial charge is 0.408 e. The summed E-state index contributed by atoms with van der Waals surface area (Å²) in [5, 5.41) is 6.36. The number of nitrogens with zero attached hydrogens (tertiary/aromatic N) is 3. The molecule has 0 aliphatic carbocycles. The quantitative estimate of drug-likeness (QED) is 0.867. The maximum Gasteiger partial charge on any atom is 0.408 e. The van der Waals surface area contributed by atoms with E-state index in [1.807, 2.05) is 18.2 Å². The lowest BCUT2D eigenvalue weighted by atomic mass is 9.84. The van der Waals surface area contributed by atoms with Gasteiger partial charge in [-0.05, 0) is 12.0 Å². The number of halogens is 3. The highest BCUT2D eigenvalue weighted by Gasteiger charge is 2.46. The van der Waals surface area contributed by atoms with Crippen LogP contribution in [0.25, 0.3) is 0 Å². The number of carbonyl (C=O) groups excluding carboxylic acids is 1. The molecule has 3 atom stereocenters. The van der Waals surface area contributed by atoms with Crippen molar-refractivity contribution in [2.24, 2.45) is 5.92 Å². The van der Waals surface area contributed by atoms with Gasteiger partial charge in [-0.2, -0.15) is 18.3 Å². The van der Waals surface area contributed by atoms with Gasteiger partial charge in [0.05, 0.1) is 18.5 Å². The number of aromatic nitrogens is 2. The molecule has 6 nitrogen and oxygen atoms in total. The minimum absolute atomic E-state index is 0.0455. The van der Waals surface area contributed by atoms with E-state index in [0.717, 1.165) is 16.7 Å².